The van der Waals surface area contributed by atoms with Gasteiger partial charge in [-0.25, -0.2) is 13.2 Å². The van der Waals surface area contributed by atoms with Crippen LogP contribution in [0.4, 0.5) is 4.79 Å². The minimum absolute atomic E-state index is 0.0365. The first-order chi connectivity index (χ1) is 10.3. The number of sulfone groups is 1. The summed E-state index contributed by atoms with van der Waals surface area (Å²) in [5, 5.41) is 10.3. The average molecular weight is 360 g/mol. The maximum absolute atomic E-state index is 12.7. The number of amides is 1. The summed E-state index contributed by atoms with van der Waals surface area (Å²) in [6.07, 6.45) is -1.45. The molecule has 0 saturated carbocycles. The smallest absolute Gasteiger partial charge is 0.405 e. The molecule has 1 unspecified atom stereocenters. The molecule has 0 radical (unpaired) electrons. The Morgan fingerprint density at radius 1 is 0.955 bits per heavy atom. The quantitative estimate of drug-likeness (QED) is 0.870. The van der Waals surface area contributed by atoms with Gasteiger partial charge in [-0.3, -0.25) is 0 Å². The molecule has 0 aliphatic heterocycles. The van der Waals surface area contributed by atoms with E-state index in [1.165, 1.54) is 48.5 Å². The molecule has 2 N–H and O–H groups in total. The molecule has 0 bridgehead atoms. The number of benzene rings is 2. The van der Waals surface area contributed by atoms with Gasteiger partial charge in [0, 0.05) is 10.0 Å². The topological polar surface area (TPSA) is 83.5 Å². The predicted octanol–water partition coefficient (Wildman–Crippen LogP) is 3.73. The standard InChI is InChI=1S/C14H11Cl2NO4S/c15-10-3-1-9(2-4-10)13(17-14(18)19)22(20,21)12-7-5-11(16)6-8-12/h1-8,13,17H,(H,18,19). The first-order valence-electron chi connectivity index (χ1n) is 6.05. The molecule has 1 amide bonds. The zero-order valence-electron chi connectivity index (χ0n) is 11.0. The summed E-state index contributed by atoms with van der Waals surface area (Å²) in [6, 6.07) is 11.4. The normalized spacial score (nSPS) is 12.6. The fourth-order valence-electron chi connectivity index (χ4n) is 1.85. The highest BCUT2D eigenvalue weighted by Crippen LogP contribution is 2.28. The SMILES string of the molecule is O=C(O)NC(c1ccc(Cl)cc1)S(=O)(=O)c1ccc(Cl)cc1. The Labute approximate surface area is 137 Å². The molecule has 116 valence electrons. The van der Waals surface area contributed by atoms with Gasteiger partial charge in [-0.2, -0.15) is 0 Å². The van der Waals surface area contributed by atoms with Crippen molar-refractivity contribution in [1.82, 2.24) is 5.32 Å². The lowest BCUT2D eigenvalue weighted by atomic mass is 10.2. The van der Waals surface area contributed by atoms with Crippen molar-refractivity contribution >= 4 is 39.1 Å². The lowest BCUT2D eigenvalue weighted by Gasteiger charge is -2.18. The molecule has 2 aromatic rings. The van der Waals surface area contributed by atoms with E-state index in [1.807, 2.05) is 5.32 Å². The van der Waals surface area contributed by atoms with E-state index in [9.17, 15) is 13.2 Å². The van der Waals surface area contributed by atoms with Gasteiger partial charge in [0.1, 0.15) is 0 Å². The van der Waals surface area contributed by atoms with Crippen molar-refractivity contribution in [3.05, 3.63) is 64.1 Å². The van der Waals surface area contributed by atoms with Gasteiger partial charge in [-0.15, -0.1) is 0 Å². The minimum Gasteiger partial charge on any atom is -0.465 e. The summed E-state index contributed by atoms with van der Waals surface area (Å²) < 4.78 is 25.3. The van der Waals surface area contributed by atoms with E-state index in [1.54, 1.807) is 0 Å². The summed E-state index contributed by atoms with van der Waals surface area (Å²) in [4.78, 5) is 10.9. The highest BCUT2D eigenvalue weighted by Gasteiger charge is 2.30. The number of nitrogens with one attached hydrogen (secondary N) is 1. The van der Waals surface area contributed by atoms with Crippen LogP contribution in [0.25, 0.3) is 0 Å². The summed E-state index contributed by atoms with van der Waals surface area (Å²) in [6.45, 7) is 0. The van der Waals surface area contributed by atoms with E-state index < -0.39 is 21.3 Å². The third kappa shape index (κ3) is 3.71. The maximum atomic E-state index is 12.7. The molecule has 0 spiro atoms. The Morgan fingerprint density at radius 2 is 1.41 bits per heavy atom. The first kappa shape index (κ1) is 16.6. The Balaban J connectivity index is 2.50. The number of hydrogen-bond donors (Lipinski definition) is 2. The van der Waals surface area contributed by atoms with Gasteiger partial charge in [-0.05, 0) is 42.0 Å². The second kappa shape index (κ2) is 6.56. The lowest BCUT2D eigenvalue weighted by molar-refractivity contribution is 0.193. The summed E-state index contributed by atoms with van der Waals surface area (Å²) >= 11 is 11.5. The van der Waals surface area contributed by atoms with Crippen LogP contribution in [0, 0.1) is 0 Å². The van der Waals surface area contributed by atoms with Crippen LogP contribution in [-0.4, -0.2) is 19.6 Å². The second-order valence-electron chi connectivity index (χ2n) is 4.38. The predicted molar refractivity (Wildman–Crippen MR) is 84.0 cm³/mol. The van der Waals surface area contributed by atoms with Crippen molar-refractivity contribution in [3.63, 3.8) is 0 Å². The second-order valence-corrected chi connectivity index (χ2v) is 7.29. The molecule has 1 atom stereocenters. The molecule has 0 heterocycles. The monoisotopic (exact) mass is 359 g/mol. The van der Waals surface area contributed by atoms with Crippen LogP contribution in [0.5, 0.6) is 0 Å². The summed E-state index contributed by atoms with van der Waals surface area (Å²) in [7, 11) is -3.97. The van der Waals surface area contributed by atoms with Crippen molar-refractivity contribution < 1.29 is 18.3 Å². The maximum Gasteiger partial charge on any atom is 0.405 e. The van der Waals surface area contributed by atoms with Gasteiger partial charge in [0.2, 0.25) is 9.84 Å². The van der Waals surface area contributed by atoms with Crippen LogP contribution in [-0.2, 0) is 9.84 Å². The third-order valence-corrected chi connectivity index (χ3v) is 5.32. The number of rotatable bonds is 4. The van der Waals surface area contributed by atoms with Gasteiger partial charge >= 0.3 is 6.09 Å². The van der Waals surface area contributed by atoms with Crippen LogP contribution in [0.3, 0.4) is 0 Å². The molecule has 2 aromatic carbocycles. The molecular formula is C14H11Cl2NO4S. The Hall–Kier alpha value is -1.76. The Morgan fingerprint density at radius 3 is 1.86 bits per heavy atom. The van der Waals surface area contributed by atoms with E-state index in [0.29, 0.717) is 10.0 Å². The van der Waals surface area contributed by atoms with Gasteiger partial charge in [-0.1, -0.05) is 35.3 Å². The molecule has 0 fully saturated rings. The van der Waals surface area contributed by atoms with Crippen LogP contribution in [0.1, 0.15) is 10.9 Å². The van der Waals surface area contributed by atoms with Gasteiger partial charge in [0.05, 0.1) is 4.90 Å². The number of hydrogen-bond acceptors (Lipinski definition) is 3. The van der Waals surface area contributed by atoms with Crippen LogP contribution in [0.15, 0.2) is 53.4 Å². The van der Waals surface area contributed by atoms with Crippen LogP contribution >= 0.6 is 23.2 Å². The fraction of sp³-hybridized carbons (Fsp3) is 0.0714. The van der Waals surface area contributed by atoms with Gasteiger partial charge in [0.25, 0.3) is 0 Å². The minimum atomic E-state index is -3.97. The highest BCUT2D eigenvalue weighted by atomic mass is 35.5. The highest BCUT2D eigenvalue weighted by molar-refractivity contribution is 7.91. The van der Waals surface area contributed by atoms with Gasteiger partial charge in [0.15, 0.2) is 5.37 Å². The zero-order chi connectivity index (χ0) is 16.3. The molecule has 22 heavy (non-hydrogen) atoms. The van der Waals surface area contributed by atoms with E-state index in [4.69, 9.17) is 28.3 Å². The molecular weight excluding hydrogens is 349 g/mol. The molecule has 5 nitrogen and oxygen atoms in total. The molecule has 2 rings (SSSR count). The number of carboxylic acid groups (broad SMARTS) is 1. The average Bonchev–Trinajstić information content (AvgIpc) is 2.46. The Bertz CT molecular complexity index is 773. The van der Waals surface area contributed by atoms with E-state index in [-0.39, 0.29) is 10.5 Å². The van der Waals surface area contributed by atoms with Crippen molar-refractivity contribution in [1.29, 1.82) is 0 Å². The van der Waals surface area contributed by atoms with Crippen LogP contribution in [0.2, 0.25) is 10.0 Å². The van der Waals surface area contributed by atoms with Gasteiger partial charge < -0.3 is 10.4 Å². The van der Waals surface area contributed by atoms with Crippen molar-refractivity contribution in [2.45, 2.75) is 10.3 Å². The molecule has 0 saturated heterocycles. The molecule has 0 aliphatic carbocycles. The molecule has 0 aromatic heterocycles. The van der Waals surface area contributed by atoms with Crippen LogP contribution < -0.4 is 5.32 Å². The van der Waals surface area contributed by atoms with Crippen molar-refractivity contribution in [2.75, 3.05) is 0 Å². The molecule has 8 heteroatoms. The third-order valence-electron chi connectivity index (χ3n) is 2.88. The lowest BCUT2D eigenvalue weighted by Crippen LogP contribution is -2.32. The Kier molecular flexibility index (Phi) is 4.95. The molecule has 0 aliphatic rings. The number of carbonyl (C=O) groups is 1. The van der Waals surface area contributed by atoms with E-state index in [2.05, 4.69) is 0 Å². The summed E-state index contributed by atoms with van der Waals surface area (Å²) in [5.74, 6) is 0. The largest absolute Gasteiger partial charge is 0.465 e. The number of halogens is 2. The van der Waals surface area contributed by atoms with Crippen molar-refractivity contribution in [2.24, 2.45) is 0 Å². The van der Waals surface area contributed by atoms with E-state index >= 15 is 0 Å². The fourth-order valence-corrected chi connectivity index (χ4v) is 3.66. The first-order valence-corrected chi connectivity index (χ1v) is 8.35. The summed E-state index contributed by atoms with van der Waals surface area (Å²) in [5.41, 5.74) is 0.266. The van der Waals surface area contributed by atoms with Crippen molar-refractivity contribution in [3.8, 4) is 0 Å². The zero-order valence-corrected chi connectivity index (χ0v) is 13.4. The van der Waals surface area contributed by atoms with E-state index in [0.717, 1.165) is 0 Å².